The summed E-state index contributed by atoms with van der Waals surface area (Å²) in [5.74, 6) is 0.906. The molecule has 7 heteroatoms. The third kappa shape index (κ3) is 3.27. The zero-order valence-electron chi connectivity index (χ0n) is 16.7. The largest absolute Gasteiger partial charge is 0.496 e. The number of carbonyl (C=O) groups is 2. The van der Waals surface area contributed by atoms with E-state index in [1.54, 1.807) is 33.3 Å². The topological polar surface area (TPSA) is 67.9 Å². The smallest absolute Gasteiger partial charge is 0.325 e. The van der Waals surface area contributed by atoms with E-state index in [1.807, 2.05) is 6.07 Å². The second-order valence-electron chi connectivity index (χ2n) is 7.58. The zero-order chi connectivity index (χ0) is 20.8. The molecule has 29 heavy (non-hydrogen) atoms. The third-order valence-corrected chi connectivity index (χ3v) is 6.45. The molecule has 0 radical (unpaired) electrons. The van der Waals surface area contributed by atoms with Crippen LogP contribution in [0.4, 0.5) is 4.79 Å². The van der Waals surface area contributed by atoms with Crippen molar-refractivity contribution in [2.45, 2.75) is 38.3 Å². The van der Waals surface area contributed by atoms with Gasteiger partial charge in [0.15, 0.2) is 0 Å². The van der Waals surface area contributed by atoms with Gasteiger partial charge in [-0.15, -0.1) is 0 Å². The molecule has 1 N–H and O–H groups in total. The highest BCUT2D eigenvalue weighted by molar-refractivity contribution is 9.10. The molecule has 1 saturated heterocycles. The molecule has 2 aromatic rings. The summed E-state index contributed by atoms with van der Waals surface area (Å²) < 4.78 is 11.5. The van der Waals surface area contributed by atoms with Gasteiger partial charge in [-0.05, 0) is 70.9 Å². The Morgan fingerprint density at radius 3 is 2.52 bits per heavy atom. The highest BCUT2D eigenvalue weighted by Crippen LogP contribution is 2.36. The van der Waals surface area contributed by atoms with Crippen LogP contribution in [0, 0.1) is 0 Å². The Balaban J connectivity index is 1.65. The van der Waals surface area contributed by atoms with E-state index in [1.165, 1.54) is 16.0 Å². The number of hydrogen-bond acceptors (Lipinski definition) is 4. The number of fused-ring (bicyclic) bond motifs is 1. The molecule has 6 nitrogen and oxygen atoms in total. The van der Waals surface area contributed by atoms with Gasteiger partial charge in [-0.3, -0.25) is 9.69 Å². The van der Waals surface area contributed by atoms with Gasteiger partial charge in [0.1, 0.15) is 17.0 Å². The van der Waals surface area contributed by atoms with Crippen LogP contribution in [0.3, 0.4) is 0 Å². The molecule has 0 aromatic heterocycles. The van der Waals surface area contributed by atoms with E-state index in [0.717, 1.165) is 29.3 Å². The molecule has 3 amide bonds. The van der Waals surface area contributed by atoms with Gasteiger partial charge in [0, 0.05) is 5.56 Å². The number of hydrogen-bond donors (Lipinski definition) is 1. The van der Waals surface area contributed by atoms with Crippen molar-refractivity contribution >= 4 is 27.9 Å². The molecule has 1 aliphatic heterocycles. The van der Waals surface area contributed by atoms with Crippen LogP contribution in [0.15, 0.2) is 34.8 Å². The first-order valence-electron chi connectivity index (χ1n) is 9.54. The first kappa shape index (κ1) is 19.8. The fraction of sp³-hybridized carbons (Fsp3) is 0.364. The number of aryl methyl sites for hydroxylation is 2. The minimum absolute atomic E-state index is 0.0952. The first-order valence-corrected chi connectivity index (χ1v) is 10.3. The number of halogens is 1. The highest BCUT2D eigenvalue weighted by atomic mass is 79.9. The van der Waals surface area contributed by atoms with E-state index in [4.69, 9.17) is 9.47 Å². The lowest BCUT2D eigenvalue weighted by molar-refractivity contribution is -0.131. The van der Waals surface area contributed by atoms with Crippen LogP contribution in [0.2, 0.25) is 0 Å². The molecule has 1 atom stereocenters. The number of nitrogens with zero attached hydrogens (tertiary/aromatic N) is 1. The fourth-order valence-electron chi connectivity index (χ4n) is 4.14. The summed E-state index contributed by atoms with van der Waals surface area (Å²) in [6.45, 7) is 1.86. The minimum atomic E-state index is -1.08. The summed E-state index contributed by atoms with van der Waals surface area (Å²) in [5.41, 5.74) is 3.02. The average molecular weight is 459 g/mol. The van der Waals surface area contributed by atoms with Gasteiger partial charge >= 0.3 is 6.03 Å². The van der Waals surface area contributed by atoms with Crippen LogP contribution in [-0.4, -0.2) is 31.1 Å². The Morgan fingerprint density at radius 1 is 1.07 bits per heavy atom. The van der Waals surface area contributed by atoms with E-state index in [2.05, 4.69) is 33.4 Å². The van der Waals surface area contributed by atoms with E-state index < -0.39 is 11.6 Å². The summed E-state index contributed by atoms with van der Waals surface area (Å²) in [4.78, 5) is 27.3. The van der Waals surface area contributed by atoms with Crippen molar-refractivity contribution in [1.82, 2.24) is 10.2 Å². The summed E-state index contributed by atoms with van der Waals surface area (Å²) in [7, 11) is 3.12. The quantitative estimate of drug-likeness (QED) is 0.689. The maximum Gasteiger partial charge on any atom is 0.325 e. The normalized spacial score (nSPS) is 20.6. The maximum absolute atomic E-state index is 13.3. The number of methoxy groups -OCH3 is 2. The molecule has 0 spiro atoms. The van der Waals surface area contributed by atoms with Crippen LogP contribution in [-0.2, 0) is 29.7 Å². The molecular weight excluding hydrogens is 436 g/mol. The predicted octanol–water partition coefficient (Wildman–Crippen LogP) is 3.92. The number of rotatable bonds is 5. The Bertz CT molecular complexity index is 1010. The van der Waals surface area contributed by atoms with Crippen molar-refractivity contribution in [2.75, 3.05) is 14.2 Å². The standard InChI is InChI=1S/C22H23BrN2O4/c1-22(16-8-7-13-5-4-6-14(13)9-16)20(26)25(21(27)24-22)12-15-10-19(29-3)17(23)11-18(15)28-2/h7-11H,4-6,12H2,1-3H3,(H,24,27)/t22-/m1/s1. The minimum Gasteiger partial charge on any atom is -0.496 e. The van der Waals surface area contributed by atoms with Crippen LogP contribution < -0.4 is 14.8 Å². The van der Waals surface area contributed by atoms with E-state index in [9.17, 15) is 9.59 Å². The Morgan fingerprint density at radius 2 is 1.79 bits per heavy atom. The van der Waals surface area contributed by atoms with Gasteiger partial charge in [0.2, 0.25) is 0 Å². The van der Waals surface area contributed by atoms with Gasteiger partial charge < -0.3 is 14.8 Å². The molecule has 0 unspecified atom stereocenters. The fourth-order valence-corrected chi connectivity index (χ4v) is 4.62. The molecule has 0 saturated carbocycles. The molecule has 4 rings (SSSR count). The number of ether oxygens (including phenoxy) is 2. The highest BCUT2D eigenvalue weighted by Gasteiger charge is 2.49. The van der Waals surface area contributed by atoms with Gasteiger partial charge in [-0.2, -0.15) is 0 Å². The SMILES string of the molecule is COc1cc(CN2C(=O)N[C@](C)(c3ccc4c(c3)CCC4)C2=O)c(OC)cc1Br. The van der Waals surface area contributed by atoms with E-state index in [0.29, 0.717) is 17.1 Å². The molecule has 1 heterocycles. The molecular formula is C22H23BrN2O4. The van der Waals surface area contributed by atoms with Crippen LogP contribution in [0.1, 0.15) is 35.6 Å². The molecule has 1 fully saturated rings. The molecule has 2 aromatic carbocycles. The van der Waals surface area contributed by atoms with Gasteiger partial charge in [-0.1, -0.05) is 18.2 Å². The predicted molar refractivity (Wildman–Crippen MR) is 112 cm³/mol. The van der Waals surface area contributed by atoms with Crippen LogP contribution in [0.5, 0.6) is 11.5 Å². The van der Waals surface area contributed by atoms with Crippen molar-refractivity contribution < 1.29 is 19.1 Å². The van der Waals surface area contributed by atoms with Gasteiger partial charge in [0.25, 0.3) is 5.91 Å². The van der Waals surface area contributed by atoms with Crippen molar-refractivity contribution in [3.05, 3.63) is 57.1 Å². The number of urea groups is 1. The molecule has 1 aliphatic carbocycles. The summed E-state index contributed by atoms with van der Waals surface area (Å²) >= 11 is 3.43. The number of nitrogens with one attached hydrogen (secondary N) is 1. The Hall–Kier alpha value is -2.54. The Kier molecular flexibility index (Phi) is 5.02. The number of imide groups is 1. The van der Waals surface area contributed by atoms with Crippen LogP contribution in [0.25, 0.3) is 0 Å². The van der Waals surface area contributed by atoms with Crippen molar-refractivity contribution in [3.8, 4) is 11.5 Å². The van der Waals surface area contributed by atoms with Crippen molar-refractivity contribution in [3.63, 3.8) is 0 Å². The summed E-state index contributed by atoms with van der Waals surface area (Å²) in [5, 5.41) is 2.89. The summed E-state index contributed by atoms with van der Waals surface area (Å²) in [6, 6.07) is 9.22. The van der Waals surface area contributed by atoms with Crippen molar-refractivity contribution in [2.24, 2.45) is 0 Å². The number of amides is 3. The summed E-state index contributed by atoms with van der Waals surface area (Å²) in [6.07, 6.45) is 3.22. The number of carbonyl (C=O) groups excluding carboxylic acids is 2. The van der Waals surface area contributed by atoms with Gasteiger partial charge in [0.05, 0.1) is 25.2 Å². The lowest BCUT2D eigenvalue weighted by Crippen LogP contribution is -2.41. The van der Waals surface area contributed by atoms with Crippen molar-refractivity contribution in [1.29, 1.82) is 0 Å². The number of benzene rings is 2. The molecule has 2 aliphatic rings. The lowest BCUT2D eigenvalue weighted by Gasteiger charge is -2.23. The Labute approximate surface area is 178 Å². The maximum atomic E-state index is 13.3. The second-order valence-corrected chi connectivity index (χ2v) is 8.44. The third-order valence-electron chi connectivity index (χ3n) is 5.83. The van der Waals surface area contributed by atoms with E-state index in [-0.39, 0.29) is 12.5 Å². The zero-order valence-corrected chi connectivity index (χ0v) is 18.3. The average Bonchev–Trinajstić information content (AvgIpc) is 3.27. The molecule has 152 valence electrons. The first-order chi connectivity index (χ1) is 13.9. The molecule has 0 bridgehead atoms. The monoisotopic (exact) mass is 458 g/mol. The van der Waals surface area contributed by atoms with Crippen LogP contribution >= 0.6 is 15.9 Å². The van der Waals surface area contributed by atoms with E-state index >= 15 is 0 Å². The van der Waals surface area contributed by atoms with Gasteiger partial charge in [-0.25, -0.2) is 4.79 Å². The second kappa shape index (κ2) is 7.37. The lowest BCUT2D eigenvalue weighted by atomic mass is 9.89.